The Kier molecular flexibility index (Phi) is 5.35. The highest BCUT2D eigenvalue weighted by Crippen LogP contribution is 2.21. The molecule has 0 saturated heterocycles. The molecule has 0 aliphatic carbocycles. The van der Waals surface area contributed by atoms with E-state index in [2.05, 4.69) is 10.3 Å². The van der Waals surface area contributed by atoms with Gasteiger partial charge < -0.3 is 10.1 Å². The van der Waals surface area contributed by atoms with Crippen LogP contribution in [0.25, 0.3) is 5.69 Å². The predicted molar refractivity (Wildman–Crippen MR) is 84.6 cm³/mol. The number of thiazole rings is 1. The van der Waals surface area contributed by atoms with Gasteiger partial charge in [0.25, 0.3) is 5.91 Å². The Bertz CT molecular complexity index is 767. The van der Waals surface area contributed by atoms with Crippen molar-refractivity contribution in [3.63, 3.8) is 0 Å². The van der Waals surface area contributed by atoms with Crippen molar-refractivity contribution < 1.29 is 14.3 Å². The van der Waals surface area contributed by atoms with E-state index in [1.807, 2.05) is 0 Å². The molecule has 1 aromatic heterocycles. The van der Waals surface area contributed by atoms with E-state index in [9.17, 15) is 9.59 Å². The van der Waals surface area contributed by atoms with E-state index < -0.39 is 6.09 Å². The van der Waals surface area contributed by atoms with Crippen molar-refractivity contribution in [1.29, 1.82) is 0 Å². The number of halogens is 1. The van der Waals surface area contributed by atoms with Gasteiger partial charge in [-0.3, -0.25) is 9.36 Å². The minimum absolute atomic E-state index is 0.224. The Morgan fingerprint density at radius 3 is 2.77 bits per heavy atom. The van der Waals surface area contributed by atoms with Crippen LogP contribution in [0.15, 0.2) is 34.6 Å². The van der Waals surface area contributed by atoms with Crippen LogP contribution in [-0.4, -0.2) is 30.2 Å². The highest BCUT2D eigenvalue weighted by molar-refractivity contribution is 7.07. The molecule has 1 N–H and O–H groups in total. The number of hydrogen-bond donors (Lipinski definition) is 1. The summed E-state index contributed by atoms with van der Waals surface area (Å²) in [4.78, 5) is 27.8. The molecule has 2 rings (SSSR count). The molecule has 2 amide bonds. The Hall–Kier alpha value is -2.12. The molecule has 0 unspecified atom stereocenters. The molecule has 1 aromatic carbocycles. The lowest BCUT2D eigenvalue weighted by atomic mass is 10.3. The maximum Gasteiger partial charge on any atom is 0.436 e. The van der Waals surface area contributed by atoms with Gasteiger partial charge in [-0.1, -0.05) is 23.7 Å². The van der Waals surface area contributed by atoms with Gasteiger partial charge in [-0.05, 0) is 19.1 Å². The number of nitrogens with zero attached hydrogens (tertiary/aromatic N) is 2. The second-order valence-electron chi connectivity index (χ2n) is 4.08. The lowest BCUT2D eigenvalue weighted by Gasteiger charge is -2.09. The molecule has 1 heterocycles. The number of ether oxygens (including phenoxy) is 1. The molecule has 0 spiro atoms. The third-order valence-electron chi connectivity index (χ3n) is 2.72. The maximum atomic E-state index is 12.0. The van der Waals surface area contributed by atoms with Crippen LogP contribution < -0.4 is 10.1 Å². The summed E-state index contributed by atoms with van der Waals surface area (Å²) in [6, 6.07) is 7.00. The Morgan fingerprint density at radius 1 is 1.41 bits per heavy atom. The Labute approximate surface area is 136 Å². The number of nitrogens with one attached hydrogen (secondary N) is 1. The van der Waals surface area contributed by atoms with Crippen LogP contribution in [0, 0.1) is 0 Å². The Balaban J connectivity index is 2.67. The molecule has 0 aliphatic rings. The van der Waals surface area contributed by atoms with E-state index in [1.54, 1.807) is 36.6 Å². The predicted octanol–water partition coefficient (Wildman–Crippen LogP) is 2.61. The number of hydrogen-bond acceptors (Lipinski definition) is 4. The van der Waals surface area contributed by atoms with E-state index in [1.165, 1.54) is 11.6 Å². The van der Waals surface area contributed by atoms with Crippen molar-refractivity contribution in [2.45, 2.75) is 6.92 Å². The smallest absolute Gasteiger partial charge is 0.436 e. The number of aromatic nitrogens is 1. The summed E-state index contributed by atoms with van der Waals surface area (Å²) in [7, 11) is 1.53. The number of carbonyl (C=O) groups is 2. The minimum Gasteiger partial charge on any atom is -0.448 e. The quantitative estimate of drug-likeness (QED) is 0.934. The van der Waals surface area contributed by atoms with E-state index in [0.29, 0.717) is 21.2 Å². The van der Waals surface area contributed by atoms with E-state index in [4.69, 9.17) is 16.3 Å². The van der Waals surface area contributed by atoms with Crippen LogP contribution in [-0.2, 0) is 4.74 Å². The van der Waals surface area contributed by atoms with E-state index in [0.717, 1.165) is 11.3 Å². The molecule has 0 aliphatic heterocycles. The first kappa shape index (κ1) is 16.3. The highest BCUT2D eigenvalue weighted by Gasteiger charge is 2.16. The fraction of sp³-hybridized carbons (Fsp3) is 0.214. The van der Waals surface area contributed by atoms with Crippen molar-refractivity contribution in [1.82, 2.24) is 9.88 Å². The maximum absolute atomic E-state index is 12.0. The largest absolute Gasteiger partial charge is 0.448 e. The number of carbonyl (C=O) groups excluding carboxylic acids is 2. The lowest BCUT2D eigenvalue weighted by molar-refractivity contribution is 0.0956. The summed E-state index contributed by atoms with van der Waals surface area (Å²) in [5, 5.41) is 4.60. The zero-order valence-electron chi connectivity index (χ0n) is 12.0. The van der Waals surface area contributed by atoms with Crippen molar-refractivity contribution in [3.8, 4) is 5.69 Å². The summed E-state index contributed by atoms with van der Waals surface area (Å²) in [5.41, 5.74) is 0.899. The fourth-order valence-electron chi connectivity index (χ4n) is 1.78. The van der Waals surface area contributed by atoms with Gasteiger partial charge >= 0.3 is 6.09 Å². The molecule has 2 aromatic rings. The zero-order valence-corrected chi connectivity index (χ0v) is 13.6. The van der Waals surface area contributed by atoms with Gasteiger partial charge in [-0.2, -0.15) is 0 Å². The van der Waals surface area contributed by atoms with Crippen LogP contribution in [0.4, 0.5) is 4.79 Å². The van der Waals surface area contributed by atoms with Crippen LogP contribution in [0.1, 0.15) is 17.4 Å². The van der Waals surface area contributed by atoms with Crippen molar-refractivity contribution in [2.75, 3.05) is 13.7 Å². The summed E-state index contributed by atoms with van der Waals surface area (Å²) < 4.78 is 6.35. The van der Waals surface area contributed by atoms with Gasteiger partial charge in [0.05, 0.1) is 17.3 Å². The molecular formula is C14H14ClN3O3S. The summed E-state index contributed by atoms with van der Waals surface area (Å²) in [6.45, 7) is 1.92. The second-order valence-corrected chi connectivity index (χ2v) is 5.32. The topological polar surface area (TPSA) is 72.7 Å². The summed E-state index contributed by atoms with van der Waals surface area (Å²) in [5.74, 6) is -0.304. The SMILES string of the molecule is CCOC(=O)N=c1scc(C(=O)NC)n1-c1ccccc1Cl. The minimum atomic E-state index is -0.714. The fourth-order valence-corrected chi connectivity index (χ4v) is 2.86. The molecule has 0 fully saturated rings. The van der Waals surface area contributed by atoms with Gasteiger partial charge in [-0.25, -0.2) is 4.79 Å². The molecule has 0 saturated carbocycles. The number of benzene rings is 1. The molecule has 6 nitrogen and oxygen atoms in total. The van der Waals surface area contributed by atoms with Gasteiger partial charge in [0.1, 0.15) is 5.69 Å². The standard InChI is InChI=1S/C14H14ClN3O3S/c1-3-21-14(20)17-13-18(10-7-5-4-6-9(10)15)11(8-22-13)12(19)16-2/h4-8H,3H2,1-2H3,(H,16,19). The first-order valence-electron chi connectivity index (χ1n) is 6.47. The molecule has 116 valence electrons. The first-order valence-corrected chi connectivity index (χ1v) is 7.73. The van der Waals surface area contributed by atoms with Crippen LogP contribution in [0.3, 0.4) is 0 Å². The lowest BCUT2D eigenvalue weighted by Crippen LogP contribution is -2.26. The van der Waals surface area contributed by atoms with Gasteiger partial charge in [-0.15, -0.1) is 16.3 Å². The van der Waals surface area contributed by atoms with Gasteiger partial charge in [0.2, 0.25) is 4.80 Å². The first-order chi connectivity index (χ1) is 10.6. The molecule has 0 radical (unpaired) electrons. The number of rotatable bonds is 3. The highest BCUT2D eigenvalue weighted by atomic mass is 35.5. The third-order valence-corrected chi connectivity index (χ3v) is 3.86. The Morgan fingerprint density at radius 2 is 2.14 bits per heavy atom. The average molecular weight is 340 g/mol. The van der Waals surface area contributed by atoms with Crippen LogP contribution >= 0.6 is 22.9 Å². The second kappa shape index (κ2) is 7.24. The van der Waals surface area contributed by atoms with Crippen molar-refractivity contribution in [3.05, 3.63) is 45.2 Å². The van der Waals surface area contributed by atoms with Crippen molar-refractivity contribution >= 4 is 34.9 Å². The monoisotopic (exact) mass is 339 g/mol. The number of amides is 2. The van der Waals surface area contributed by atoms with Crippen LogP contribution in [0.2, 0.25) is 5.02 Å². The molecule has 22 heavy (non-hydrogen) atoms. The molecule has 8 heteroatoms. The van der Waals surface area contributed by atoms with Crippen LogP contribution in [0.5, 0.6) is 0 Å². The molecular weight excluding hydrogens is 326 g/mol. The molecule has 0 atom stereocenters. The van der Waals surface area contributed by atoms with E-state index >= 15 is 0 Å². The summed E-state index contributed by atoms with van der Waals surface area (Å²) >= 11 is 7.35. The summed E-state index contributed by atoms with van der Waals surface area (Å²) in [6.07, 6.45) is -0.714. The van der Waals surface area contributed by atoms with Gasteiger partial charge in [0.15, 0.2) is 0 Å². The van der Waals surface area contributed by atoms with Crippen molar-refractivity contribution in [2.24, 2.45) is 4.99 Å². The molecule has 0 bridgehead atoms. The zero-order chi connectivity index (χ0) is 16.1. The van der Waals surface area contributed by atoms with Gasteiger partial charge in [0, 0.05) is 12.4 Å². The normalized spacial score (nSPS) is 11.3. The third kappa shape index (κ3) is 3.37. The average Bonchev–Trinajstić information content (AvgIpc) is 2.90. The number of para-hydroxylation sites is 1. The van der Waals surface area contributed by atoms with E-state index in [-0.39, 0.29) is 12.5 Å².